The summed E-state index contributed by atoms with van der Waals surface area (Å²) in [5.41, 5.74) is 7.48. The molecular formula is C28H24N4O2S. The number of nitrogens with one attached hydrogen (secondary N) is 2. The van der Waals surface area contributed by atoms with E-state index in [4.69, 9.17) is 5.73 Å². The molecule has 2 heterocycles. The predicted octanol–water partition coefficient (Wildman–Crippen LogP) is 4.69. The zero-order chi connectivity index (χ0) is 24.2. The summed E-state index contributed by atoms with van der Waals surface area (Å²) in [5.74, 6) is -0.102. The van der Waals surface area contributed by atoms with Crippen LogP contribution in [-0.4, -0.2) is 22.8 Å². The Morgan fingerprint density at radius 1 is 0.914 bits per heavy atom. The molecule has 3 aromatic carbocycles. The number of benzene rings is 3. The topological polar surface area (TPSA) is 97.1 Å². The number of nitrogen functional groups attached to an aromatic ring is 1. The second kappa shape index (κ2) is 9.95. The number of nitrogens with two attached hydrogens (primary N) is 1. The van der Waals surface area contributed by atoms with Gasteiger partial charge >= 0.3 is 0 Å². The minimum Gasteiger partial charge on any atom is -0.384 e. The standard InChI is InChI=1S/C28H24N4O2S/c29-26-13-12-18(16-30-26)17-31-27(33)23(14-20-9-5-8-19-6-1-3-10-22(19)20)32-28(34)25-15-21-7-2-4-11-24(21)35-25/h1-13,15-16,23H,14,17H2,(H2,29,30)(H,31,33)(H,32,34)/t23-/m0/s1. The summed E-state index contributed by atoms with van der Waals surface area (Å²) < 4.78 is 1.03. The van der Waals surface area contributed by atoms with Gasteiger partial charge in [0.1, 0.15) is 11.9 Å². The van der Waals surface area contributed by atoms with Crippen LogP contribution in [0.1, 0.15) is 20.8 Å². The number of carbonyl (C=O) groups excluding carboxylic acids is 2. The fourth-order valence-corrected chi connectivity index (χ4v) is 5.04. The van der Waals surface area contributed by atoms with Gasteiger partial charge in [0.05, 0.1) is 4.88 Å². The normalized spacial score (nSPS) is 11.9. The van der Waals surface area contributed by atoms with Gasteiger partial charge in [0.15, 0.2) is 0 Å². The van der Waals surface area contributed by atoms with Gasteiger partial charge in [-0.25, -0.2) is 4.98 Å². The van der Waals surface area contributed by atoms with E-state index in [1.165, 1.54) is 11.3 Å². The average molecular weight is 481 g/mol. The van der Waals surface area contributed by atoms with Gasteiger partial charge in [-0.15, -0.1) is 11.3 Å². The first-order valence-electron chi connectivity index (χ1n) is 11.3. The Balaban J connectivity index is 1.39. The Kier molecular flexibility index (Phi) is 6.41. The molecule has 0 saturated carbocycles. The van der Waals surface area contributed by atoms with Crippen molar-refractivity contribution >= 4 is 49.8 Å². The summed E-state index contributed by atoms with van der Waals surface area (Å²) in [6.07, 6.45) is 1.99. The smallest absolute Gasteiger partial charge is 0.262 e. The highest BCUT2D eigenvalue weighted by Crippen LogP contribution is 2.25. The molecule has 35 heavy (non-hydrogen) atoms. The molecule has 6 nitrogen and oxygen atoms in total. The molecule has 2 aromatic heterocycles. The number of anilines is 1. The number of aromatic nitrogens is 1. The molecule has 0 spiro atoms. The Morgan fingerprint density at radius 3 is 2.49 bits per heavy atom. The van der Waals surface area contributed by atoms with Crippen LogP contribution in [0.4, 0.5) is 5.82 Å². The van der Waals surface area contributed by atoms with Crippen molar-refractivity contribution < 1.29 is 9.59 Å². The molecule has 0 aliphatic heterocycles. The lowest BCUT2D eigenvalue weighted by Crippen LogP contribution is -2.47. The highest BCUT2D eigenvalue weighted by Gasteiger charge is 2.23. The van der Waals surface area contributed by atoms with Crippen molar-refractivity contribution in [3.8, 4) is 0 Å². The monoisotopic (exact) mass is 480 g/mol. The molecule has 0 unspecified atom stereocenters. The minimum absolute atomic E-state index is 0.260. The van der Waals surface area contributed by atoms with Gasteiger partial charge in [0.2, 0.25) is 5.91 Å². The summed E-state index contributed by atoms with van der Waals surface area (Å²) in [6.45, 7) is 0.289. The van der Waals surface area contributed by atoms with E-state index in [9.17, 15) is 9.59 Å². The Labute approximate surface area is 206 Å². The molecule has 0 saturated heterocycles. The van der Waals surface area contributed by atoms with E-state index >= 15 is 0 Å². The summed E-state index contributed by atoms with van der Waals surface area (Å²) in [4.78, 5) is 31.1. The second-order valence-corrected chi connectivity index (χ2v) is 9.41. The van der Waals surface area contributed by atoms with Gasteiger partial charge < -0.3 is 16.4 Å². The molecule has 5 rings (SSSR count). The van der Waals surface area contributed by atoms with Crippen LogP contribution in [0.3, 0.4) is 0 Å². The number of amides is 2. The van der Waals surface area contributed by atoms with Crippen molar-refractivity contribution in [2.24, 2.45) is 0 Å². The predicted molar refractivity (Wildman–Crippen MR) is 141 cm³/mol. The number of fused-ring (bicyclic) bond motifs is 2. The van der Waals surface area contributed by atoms with Crippen molar-refractivity contribution in [1.29, 1.82) is 0 Å². The van der Waals surface area contributed by atoms with Crippen LogP contribution < -0.4 is 16.4 Å². The van der Waals surface area contributed by atoms with Crippen LogP contribution in [0.2, 0.25) is 0 Å². The molecule has 7 heteroatoms. The molecule has 0 aliphatic rings. The molecule has 1 atom stereocenters. The second-order valence-electron chi connectivity index (χ2n) is 8.33. The number of carbonyl (C=O) groups is 2. The molecule has 0 fully saturated rings. The summed E-state index contributed by atoms with van der Waals surface area (Å²) >= 11 is 1.42. The first-order chi connectivity index (χ1) is 17.1. The number of thiophene rings is 1. The third kappa shape index (κ3) is 5.15. The van der Waals surface area contributed by atoms with E-state index in [0.29, 0.717) is 17.1 Å². The van der Waals surface area contributed by atoms with Gasteiger partial charge in [-0.2, -0.15) is 0 Å². The molecule has 0 radical (unpaired) electrons. The maximum absolute atomic E-state index is 13.3. The Hall–Kier alpha value is -4.23. The van der Waals surface area contributed by atoms with Crippen LogP contribution >= 0.6 is 11.3 Å². The third-order valence-corrected chi connectivity index (χ3v) is 7.00. The summed E-state index contributed by atoms with van der Waals surface area (Å²) in [5, 5.41) is 9.08. The first-order valence-corrected chi connectivity index (χ1v) is 12.1. The lowest BCUT2D eigenvalue weighted by atomic mass is 9.98. The summed E-state index contributed by atoms with van der Waals surface area (Å²) in [7, 11) is 0. The van der Waals surface area contributed by atoms with Crippen molar-refractivity contribution in [3.05, 3.63) is 107 Å². The lowest BCUT2D eigenvalue weighted by Gasteiger charge is -2.19. The van der Waals surface area contributed by atoms with E-state index in [1.54, 1.807) is 12.3 Å². The van der Waals surface area contributed by atoms with Crippen LogP contribution in [0.5, 0.6) is 0 Å². The molecule has 2 amide bonds. The van der Waals surface area contributed by atoms with E-state index < -0.39 is 6.04 Å². The molecule has 174 valence electrons. The number of hydrogen-bond donors (Lipinski definition) is 3. The Bertz CT molecular complexity index is 1470. The van der Waals surface area contributed by atoms with Gasteiger partial charge in [-0.05, 0) is 45.5 Å². The Morgan fingerprint density at radius 2 is 1.69 bits per heavy atom. The van der Waals surface area contributed by atoms with Gasteiger partial charge in [-0.3, -0.25) is 9.59 Å². The number of pyridine rings is 1. The van der Waals surface area contributed by atoms with Crippen molar-refractivity contribution in [1.82, 2.24) is 15.6 Å². The maximum Gasteiger partial charge on any atom is 0.262 e. The third-order valence-electron chi connectivity index (χ3n) is 5.89. The first kappa shape index (κ1) is 22.6. The molecular weight excluding hydrogens is 456 g/mol. The summed E-state index contributed by atoms with van der Waals surface area (Å²) in [6, 6.07) is 26.5. The number of hydrogen-bond acceptors (Lipinski definition) is 5. The zero-order valence-corrected chi connectivity index (χ0v) is 19.7. The van der Waals surface area contributed by atoms with Gasteiger partial charge in [0, 0.05) is 23.9 Å². The minimum atomic E-state index is -0.750. The lowest BCUT2D eigenvalue weighted by molar-refractivity contribution is -0.123. The van der Waals surface area contributed by atoms with Crippen molar-refractivity contribution in [2.45, 2.75) is 19.0 Å². The largest absolute Gasteiger partial charge is 0.384 e. The van der Waals surface area contributed by atoms with Crippen LogP contribution in [0.15, 0.2) is 91.1 Å². The number of nitrogens with zero attached hydrogens (tertiary/aromatic N) is 1. The van der Waals surface area contributed by atoms with Crippen LogP contribution in [-0.2, 0) is 17.8 Å². The van der Waals surface area contributed by atoms with E-state index in [0.717, 1.165) is 32.0 Å². The average Bonchev–Trinajstić information content (AvgIpc) is 3.33. The van der Waals surface area contributed by atoms with Gasteiger partial charge in [-0.1, -0.05) is 66.7 Å². The van der Waals surface area contributed by atoms with E-state index in [1.807, 2.05) is 78.9 Å². The molecule has 0 bridgehead atoms. The molecule has 4 N–H and O–H groups in total. The van der Waals surface area contributed by atoms with Crippen molar-refractivity contribution in [2.75, 3.05) is 5.73 Å². The highest BCUT2D eigenvalue weighted by molar-refractivity contribution is 7.20. The van der Waals surface area contributed by atoms with Crippen LogP contribution in [0.25, 0.3) is 20.9 Å². The SMILES string of the molecule is Nc1ccc(CNC(=O)[C@H](Cc2cccc3ccccc23)NC(=O)c2cc3ccccc3s2)cn1. The maximum atomic E-state index is 13.3. The van der Waals surface area contributed by atoms with Crippen molar-refractivity contribution in [3.63, 3.8) is 0 Å². The molecule has 0 aliphatic carbocycles. The fraction of sp³-hybridized carbons (Fsp3) is 0.107. The van der Waals surface area contributed by atoms with Crippen LogP contribution in [0, 0.1) is 0 Å². The van der Waals surface area contributed by atoms with Gasteiger partial charge in [0.25, 0.3) is 5.91 Å². The quantitative estimate of drug-likeness (QED) is 0.315. The number of rotatable bonds is 7. The highest BCUT2D eigenvalue weighted by atomic mass is 32.1. The van der Waals surface area contributed by atoms with E-state index in [-0.39, 0.29) is 18.4 Å². The zero-order valence-electron chi connectivity index (χ0n) is 18.9. The fourth-order valence-electron chi connectivity index (χ4n) is 4.08. The molecule has 5 aromatic rings. The van der Waals surface area contributed by atoms with E-state index in [2.05, 4.69) is 15.6 Å².